The first-order valence-electron chi connectivity index (χ1n) is 7.37. The Morgan fingerprint density at radius 3 is 2.91 bits per heavy atom. The summed E-state index contributed by atoms with van der Waals surface area (Å²) < 4.78 is 16.0. The maximum Gasteiger partial charge on any atom is 0.260 e. The van der Waals surface area contributed by atoms with Crippen LogP contribution in [0.4, 0.5) is 0 Å². The number of carbonyl (C=O) groups excluding carboxylic acids is 1. The van der Waals surface area contributed by atoms with Crippen molar-refractivity contribution in [2.75, 3.05) is 34.0 Å². The fraction of sp³-hybridized carbons (Fsp3) is 0.562. The molecule has 0 spiro atoms. The number of halogens is 1. The molecule has 23 heavy (non-hydrogen) atoms. The van der Waals surface area contributed by atoms with E-state index < -0.39 is 18.2 Å². The van der Waals surface area contributed by atoms with Crippen molar-refractivity contribution in [3.8, 4) is 5.75 Å². The molecular formula is C16H22ClNO5. The van der Waals surface area contributed by atoms with Crippen molar-refractivity contribution >= 4 is 17.5 Å². The number of benzene rings is 1. The minimum absolute atomic E-state index is 0.166. The van der Waals surface area contributed by atoms with Crippen molar-refractivity contribution in [3.63, 3.8) is 0 Å². The van der Waals surface area contributed by atoms with Gasteiger partial charge in [0.15, 0.2) is 6.61 Å². The largest absolute Gasteiger partial charge is 0.482 e. The zero-order valence-corrected chi connectivity index (χ0v) is 14.2. The summed E-state index contributed by atoms with van der Waals surface area (Å²) >= 11 is 6.04. The molecule has 0 unspecified atom stereocenters. The van der Waals surface area contributed by atoms with Gasteiger partial charge in [0.25, 0.3) is 5.91 Å². The second kappa shape index (κ2) is 7.97. The number of aryl methyl sites for hydroxylation is 1. The number of aliphatic hydroxyl groups excluding tert-OH is 1. The number of ether oxygens (including phenoxy) is 3. The highest BCUT2D eigenvalue weighted by atomic mass is 35.5. The molecule has 1 saturated heterocycles. The maximum atomic E-state index is 12.3. The van der Waals surface area contributed by atoms with E-state index in [9.17, 15) is 9.90 Å². The molecule has 0 saturated carbocycles. The molecule has 128 valence electrons. The van der Waals surface area contributed by atoms with Crippen LogP contribution in [0.3, 0.4) is 0 Å². The summed E-state index contributed by atoms with van der Waals surface area (Å²) in [7, 11) is 3.11. The standard InChI is InChI=1S/C16H22ClNO5/c1-10-4-5-11(17)13(6-10)23-9-15(19)18(2)12-7-22-8-14(21-3)16(12)20/h4-6,12,14,16,20H,7-9H2,1-3H3/t12-,14-,16+/m1/s1. The molecule has 1 heterocycles. The zero-order valence-electron chi connectivity index (χ0n) is 13.5. The van der Waals surface area contributed by atoms with Crippen molar-refractivity contribution < 1.29 is 24.1 Å². The number of carbonyl (C=O) groups is 1. The number of likely N-dealkylation sites (N-methyl/N-ethyl adjacent to an activating group) is 1. The predicted octanol–water partition coefficient (Wildman–Crippen LogP) is 1.26. The number of rotatable bonds is 5. The second-order valence-corrected chi connectivity index (χ2v) is 6.00. The number of amides is 1. The fourth-order valence-electron chi connectivity index (χ4n) is 2.45. The van der Waals surface area contributed by atoms with E-state index in [0.29, 0.717) is 17.4 Å². The van der Waals surface area contributed by atoms with Crippen LogP contribution < -0.4 is 4.74 Å². The number of nitrogens with zero attached hydrogens (tertiary/aromatic N) is 1. The quantitative estimate of drug-likeness (QED) is 0.871. The summed E-state index contributed by atoms with van der Waals surface area (Å²) in [5, 5.41) is 10.7. The Labute approximate surface area is 140 Å². The van der Waals surface area contributed by atoms with E-state index in [1.165, 1.54) is 12.0 Å². The van der Waals surface area contributed by atoms with Gasteiger partial charge in [0.2, 0.25) is 0 Å². The van der Waals surface area contributed by atoms with Gasteiger partial charge in [-0.1, -0.05) is 17.7 Å². The highest BCUT2D eigenvalue weighted by Crippen LogP contribution is 2.25. The third kappa shape index (κ3) is 4.35. The average Bonchev–Trinajstić information content (AvgIpc) is 2.55. The van der Waals surface area contributed by atoms with Crippen LogP contribution in [0.15, 0.2) is 18.2 Å². The van der Waals surface area contributed by atoms with Crippen LogP contribution >= 0.6 is 11.6 Å². The summed E-state index contributed by atoms with van der Waals surface area (Å²) in [6.07, 6.45) is -1.25. The van der Waals surface area contributed by atoms with Crippen LogP contribution in [0.1, 0.15) is 5.56 Å². The summed E-state index contributed by atoms with van der Waals surface area (Å²) in [4.78, 5) is 13.7. The molecule has 2 rings (SSSR count). The van der Waals surface area contributed by atoms with E-state index in [2.05, 4.69) is 0 Å². The first kappa shape index (κ1) is 18.0. The highest BCUT2D eigenvalue weighted by Gasteiger charge is 2.37. The molecule has 0 aromatic heterocycles. The van der Waals surface area contributed by atoms with Crippen LogP contribution in [-0.4, -0.2) is 68.1 Å². The molecule has 1 fully saturated rings. The third-order valence-electron chi connectivity index (χ3n) is 3.98. The smallest absolute Gasteiger partial charge is 0.260 e. The minimum atomic E-state index is -0.801. The average molecular weight is 344 g/mol. The van der Waals surface area contributed by atoms with Gasteiger partial charge in [-0.05, 0) is 24.6 Å². The van der Waals surface area contributed by atoms with Gasteiger partial charge in [0.1, 0.15) is 18.0 Å². The molecule has 0 bridgehead atoms. The van der Waals surface area contributed by atoms with Crippen LogP contribution in [0.5, 0.6) is 5.75 Å². The molecule has 3 atom stereocenters. The second-order valence-electron chi connectivity index (χ2n) is 5.60. The SMILES string of the molecule is CO[C@@H]1COC[C@@H](N(C)C(=O)COc2cc(C)ccc2Cl)[C@@H]1O. The molecule has 1 aliphatic heterocycles. The zero-order chi connectivity index (χ0) is 17.0. The Morgan fingerprint density at radius 2 is 2.22 bits per heavy atom. The van der Waals surface area contributed by atoms with Crippen LogP contribution in [0.25, 0.3) is 0 Å². The molecular weight excluding hydrogens is 322 g/mol. The highest BCUT2D eigenvalue weighted by molar-refractivity contribution is 6.32. The monoisotopic (exact) mass is 343 g/mol. The first-order valence-corrected chi connectivity index (χ1v) is 7.75. The molecule has 1 aromatic rings. The minimum Gasteiger partial charge on any atom is -0.482 e. The van der Waals surface area contributed by atoms with Crippen molar-refractivity contribution in [1.29, 1.82) is 0 Å². The molecule has 6 nitrogen and oxygen atoms in total. The molecule has 1 aliphatic rings. The van der Waals surface area contributed by atoms with Crippen molar-refractivity contribution in [1.82, 2.24) is 4.90 Å². The van der Waals surface area contributed by atoms with Gasteiger partial charge in [0.05, 0.1) is 24.3 Å². The van der Waals surface area contributed by atoms with E-state index in [1.807, 2.05) is 13.0 Å². The number of methoxy groups -OCH3 is 1. The van der Waals surface area contributed by atoms with Gasteiger partial charge < -0.3 is 24.2 Å². The summed E-state index contributed by atoms with van der Waals surface area (Å²) in [6.45, 7) is 2.32. The van der Waals surface area contributed by atoms with Gasteiger partial charge in [-0.25, -0.2) is 0 Å². The Bertz CT molecular complexity index is 553. The topological polar surface area (TPSA) is 68.2 Å². The Morgan fingerprint density at radius 1 is 1.48 bits per heavy atom. The lowest BCUT2D eigenvalue weighted by Crippen LogP contribution is -2.57. The first-order chi connectivity index (χ1) is 10.9. The Balaban J connectivity index is 1.95. The molecule has 1 N–H and O–H groups in total. The van der Waals surface area contributed by atoms with Gasteiger partial charge >= 0.3 is 0 Å². The van der Waals surface area contributed by atoms with E-state index in [4.69, 9.17) is 25.8 Å². The lowest BCUT2D eigenvalue weighted by atomic mass is 10.0. The van der Waals surface area contributed by atoms with Crippen LogP contribution in [-0.2, 0) is 14.3 Å². The summed E-state index contributed by atoms with van der Waals surface area (Å²) in [5.74, 6) is 0.190. The normalized spacial score (nSPS) is 24.3. The Hall–Kier alpha value is -1.34. The lowest BCUT2D eigenvalue weighted by molar-refractivity contribution is -0.159. The van der Waals surface area contributed by atoms with Gasteiger partial charge in [-0.15, -0.1) is 0 Å². The van der Waals surface area contributed by atoms with Crippen molar-refractivity contribution in [2.24, 2.45) is 0 Å². The van der Waals surface area contributed by atoms with Crippen LogP contribution in [0.2, 0.25) is 5.02 Å². The van der Waals surface area contributed by atoms with Crippen molar-refractivity contribution in [3.05, 3.63) is 28.8 Å². The lowest BCUT2D eigenvalue weighted by Gasteiger charge is -2.38. The summed E-state index contributed by atoms with van der Waals surface area (Å²) in [5.41, 5.74) is 0.990. The van der Waals surface area contributed by atoms with E-state index in [-0.39, 0.29) is 19.1 Å². The van der Waals surface area contributed by atoms with E-state index >= 15 is 0 Å². The van der Waals surface area contributed by atoms with E-state index in [1.54, 1.807) is 19.2 Å². The predicted molar refractivity (Wildman–Crippen MR) is 85.9 cm³/mol. The van der Waals surface area contributed by atoms with Gasteiger partial charge in [0, 0.05) is 14.2 Å². The number of hydrogen-bond donors (Lipinski definition) is 1. The van der Waals surface area contributed by atoms with Gasteiger partial charge in [-0.3, -0.25) is 4.79 Å². The molecule has 1 amide bonds. The number of hydrogen-bond acceptors (Lipinski definition) is 5. The molecule has 1 aromatic carbocycles. The molecule has 0 radical (unpaired) electrons. The maximum absolute atomic E-state index is 12.3. The van der Waals surface area contributed by atoms with Crippen LogP contribution in [0, 0.1) is 6.92 Å². The number of aliphatic hydroxyl groups is 1. The summed E-state index contributed by atoms with van der Waals surface area (Å²) in [6, 6.07) is 4.89. The molecule has 7 heteroatoms. The third-order valence-corrected chi connectivity index (χ3v) is 4.29. The molecule has 0 aliphatic carbocycles. The van der Waals surface area contributed by atoms with Gasteiger partial charge in [-0.2, -0.15) is 0 Å². The Kier molecular flexibility index (Phi) is 6.24. The van der Waals surface area contributed by atoms with E-state index in [0.717, 1.165) is 5.56 Å². The van der Waals surface area contributed by atoms with Crippen molar-refractivity contribution in [2.45, 2.75) is 25.2 Å². The fourth-order valence-corrected chi connectivity index (χ4v) is 2.62.